The maximum atomic E-state index is 8.56. The van der Waals surface area contributed by atoms with Crippen molar-refractivity contribution in [3.05, 3.63) is 0 Å². The molecule has 0 bridgehead atoms. The van der Waals surface area contributed by atoms with E-state index in [9.17, 15) is 0 Å². The van der Waals surface area contributed by atoms with Gasteiger partial charge in [0.05, 0.1) is 19.8 Å². The molecule has 1 heterocycles. The van der Waals surface area contributed by atoms with Gasteiger partial charge in [0.1, 0.15) is 0 Å². The minimum Gasteiger partial charge on any atom is -0.394 e. The summed E-state index contributed by atoms with van der Waals surface area (Å²) in [5.74, 6) is 1.39. The monoisotopic (exact) mass is 216 g/mol. The van der Waals surface area contributed by atoms with Crippen LogP contribution in [0.25, 0.3) is 0 Å². The van der Waals surface area contributed by atoms with Gasteiger partial charge in [0, 0.05) is 13.1 Å². The standard InChI is InChI=1S/C11H24N2O2/c1-10-2-3-13(9-11(10)8-12)4-6-15-7-5-14/h10-11,14H,2-9,12H2,1H3. The van der Waals surface area contributed by atoms with Crippen LogP contribution in [0.1, 0.15) is 13.3 Å². The average molecular weight is 216 g/mol. The van der Waals surface area contributed by atoms with Crippen LogP contribution in [0.3, 0.4) is 0 Å². The lowest BCUT2D eigenvalue weighted by Gasteiger charge is -2.36. The molecular weight excluding hydrogens is 192 g/mol. The van der Waals surface area contributed by atoms with E-state index in [0.717, 1.165) is 32.1 Å². The predicted octanol–water partition coefficient (Wildman–Crippen LogP) is -0.0880. The fraction of sp³-hybridized carbons (Fsp3) is 1.00. The number of rotatable bonds is 6. The molecule has 1 rings (SSSR count). The van der Waals surface area contributed by atoms with Crippen LogP contribution in [0, 0.1) is 11.8 Å². The number of hydrogen-bond acceptors (Lipinski definition) is 4. The molecule has 4 heteroatoms. The Morgan fingerprint density at radius 1 is 1.47 bits per heavy atom. The van der Waals surface area contributed by atoms with Gasteiger partial charge in [-0.05, 0) is 31.3 Å². The largest absolute Gasteiger partial charge is 0.394 e. The van der Waals surface area contributed by atoms with E-state index in [4.69, 9.17) is 15.6 Å². The Hall–Kier alpha value is -0.160. The molecule has 1 aliphatic heterocycles. The van der Waals surface area contributed by atoms with Crippen molar-refractivity contribution in [1.82, 2.24) is 4.90 Å². The summed E-state index contributed by atoms with van der Waals surface area (Å²) in [5, 5.41) is 8.56. The van der Waals surface area contributed by atoms with Crippen LogP contribution in [0.2, 0.25) is 0 Å². The third-order valence-corrected chi connectivity index (χ3v) is 3.29. The second-order valence-electron chi connectivity index (χ2n) is 4.40. The highest BCUT2D eigenvalue weighted by Crippen LogP contribution is 2.21. The molecule has 3 N–H and O–H groups in total. The Morgan fingerprint density at radius 3 is 2.93 bits per heavy atom. The molecule has 2 unspecified atom stereocenters. The van der Waals surface area contributed by atoms with E-state index in [1.165, 1.54) is 6.42 Å². The minimum absolute atomic E-state index is 0.114. The van der Waals surface area contributed by atoms with E-state index in [0.29, 0.717) is 19.1 Å². The molecule has 1 saturated heterocycles. The van der Waals surface area contributed by atoms with E-state index >= 15 is 0 Å². The smallest absolute Gasteiger partial charge is 0.0698 e. The van der Waals surface area contributed by atoms with Crippen LogP contribution in [0.4, 0.5) is 0 Å². The predicted molar refractivity (Wildman–Crippen MR) is 60.7 cm³/mol. The van der Waals surface area contributed by atoms with Gasteiger partial charge >= 0.3 is 0 Å². The third-order valence-electron chi connectivity index (χ3n) is 3.29. The van der Waals surface area contributed by atoms with Crippen LogP contribution in [-0.2, 0) is 4.74 Å². The first kappa shape index (κ1) is 12.9. The third kappa shape index (κ3) is 4.47. The van der Waals surface area contributed by atoms with Crippen LogP contribution < -0.4 is 5.73 Å². The van der Waals surface area contributed by atoms with Crippen LogP contribution in [0.5, 0.6) is 0 Å². The zero-order chi connectivity index (χ0) is 11.1. The van der Waals surface area contributed by atoms with Crippen molar-refractivity contribution in [2.45, 2.75) is 13.3 Å². The summed E-state index contributed by atoms with van der Waals surface area (Å²) in [6.45, 7) is 7.56. The van der Waals surface area contributed by atoms with Crippen molar-refractivity contribution in [2.24, 2.45) is 17.6 Å². The lowest BCUT2D eigenvalue weighted by molar-refractivity contribution is 0.0547. The van der Waals surface area contributed by atoms with Crippen molar-refractivity contribution < 1.29 is 9.84 Å². The fourth-order valence-electron chi connectivity index (χ4n) is 2.09. The number of piperidine rings is 1. The summed E-state index contributed by atoms with van der Waals surface area (Å²) < 4.78 is 5.26. The molecular formula is C11H24N2O2. The molecule has 0 amide bonds. The molecule has 2 atom stereocenters. The Labute approximate surface area is 92.4 Å². The quantitative estimate of drug-likeness (QED) is 0.609. The molecule has 0 spiro atoms. The summed E-state index contributed by atoms with van der Waals surface area (Å²) in [4.78, 5) is 2.41. The second-order valence-corrected chi connectivity index (χ2v) is 4.40. The van der Waals surface area contributed by atoms with Gasteiger partial charge in [0.25, 0.3) is 0 Å². The van der Waals surface area contributed by atoms with Crippen molar-refractivity contribution in [1.29, 1.82) is 0 Å². The van der Waals surface area contributed by atoms with Gasteiger partial charge in [-0.15, -0.1) is 0 Å². The van der Waals surface area contributed by atoms with Gasteiger partial charge in [-0.2, -0.15) is 0 Å². The summed E-state index contributed by atoms with van der Waals surface area (Å²) in [6, 6.07) is 0. The molecule has 0 aliphatic carbocycles. The SMILES string of the molecule is CC1CCN(CCOCCO)CC1CN. The van der Waals surface area contributed by atoms with Crippen LogP contribution in [0.15, 0.2) is 0 Å². The average Bonchev–Trinajstić information content (AvgIpc) is 2.26. The lowest BCUT2D eigenvalue weighted by Crippen LogP contribution is -2.43. The topological polar surface area (TPSA) is 58.7 Å². The normalized spacial score (nSPS) is 28.2. The molecule has 0 aromatic heterocycles. The van der Waals surface area contributed by atoms with Crippen molar-refractivity contribution in [3.63, 3.8) is 0 Å². The van der Waals surface area contributed by atoms with Gasteiger partial charge < -0.3 is 20.5 Å². The molecule has 0 aromatic carbocycles. The zero-order valence-corrected chi connectivity index (χ0v) is 9.69. The maximum absolute atomic E-state index is 8.56. The molecule has 1 fully saturated rings. The van der Waals surface area contributed by atoms with E-state index in [2.05, 4.69) is 11.8 Å². The first-order chi connectivity index (χ1) is 7.27. The number of hydrogen-bond donors (Lipinski definition) is 2. The second kappa shape index (κ2) is 7.17. The van der Waals surface area contributed by atoms with Crippen molar-refractivity contribution in [3.8, 4) is 0 Å². The highest BCUT2D eigenvalue weighted by Gasteiger charge is 2.24. The molecule has 0 radical (unpaired) electrons. The maximum Gasteiger partial charge on any atom is 0.0698 e. The van der Waals surface area contributed by atoms with E-state index in [-0.39, 0.29) is 6.61 Å². The van der Waals surface area contributed by atoms with E-state index < -0.39 is 0 Å². The Morgan fingerprint density at radius 2 is 2.27 bits per heavy atom. The minimum atomic E-state index is 0.114. The molecule has 0 aromatic rings. The highest BCUT2D eigenvalue weighted by atomic mass is 16.5. The number of aliphatic hydroxyl groups is 1. The van der Waals surface area contributed by atoms with E-state index in [1.54, 1.807) is 0 Å². The molecule has 90 valence electrons. The van der Waals surface area contributed by atoms with Gasteiger partial charge in [0.2, 0.25) is 0 Å². The lowest BCUT2D eigenvalue weighted by atomic mass is 9.87. The summed E-state index contributed by atoms with van der Waals surface area (Å²) in [5.41, 5.74) is 5.74. The number of likely N-dealkylation sites (tertiary alicyclic amines) is 1. The number of nitrogens with two attached hydrogens (primary N) is 1. The summed E-state index contributed by atoms with van der Waals surface area (Å²) in [6.07, 6.45) is 1.24. The van der Waals surface area contributed by atoms with Gasteiger partial charge in [0.15, 0.2) is 0 Å². The number of aliphatic hydroxyl groups excluding tert-OH is 1. The summed E-state index contributed by atoms with van der Waals surface area (Å²) >= 11 is 0. The van der Waals surface area contributed by atoms with Gasteiger partial charge in [-0.1, -0.05) is 6.92 Å². The molecule has 0 saturated carbocycles. The number of ether oxygens (including phenoxy) is 1. The van der Waals surface area contributed by atoms with Crippen molar-refractivity contribution in [2.75, 3.05) is 46.0 Å². The van der Waals surface area contributed by atoms with E-state index in [1.807, 2.05) is 0 Å². The first-order valence-corrected chi connectivity index (χ1v) is 5.89. The molecule has 4 nitrogen and oxygen atoms in total. The zero-order valence-electron chi connectivity index (χ0n) is 9.69. The molecule has 1 aliphatic rings. The van der Waals surface area contributed by atoms with Crippen LogP contribution in [-0.4, -0.2) is 56.0 Å². The number of nitrogens with zero attached hydrogens (tertiary/aromatic N) is 1. The van der Waals surface area contributed by atoms with Crippen LogP contribution >= 0.6 is 0 Å². The Balaban J connectivity index is 2.14. The van der Waals surface area contributed by atoms with Gasteiger partial charge in [-0.25, -0.2) is 0 Å². The Bertz CT molecular complexity index is 167. The first-order valence-electron chi connectivity index (χ1n) is 5.89. The Kier molecular flexibility index (Phi) is 6.17. The fourth-order valence-corrected chi connectivity index (χ4v) is 2.09. The van der Waals surface area contributed by atoms with Gasteiger partial charge in [-0.3, -0.25) is 0 Å². The summed E-state index contributed by atoms with van der Waals surface area (Å²) in [7, 11) is 0. The van der Waals surface area contributed by atoms with Crippen molar-refractivity contribution >= 4 is 0 Å². The highest BCUT2D eigenvalue weighted by molar-refractivity contribution is 4.78. The molecule has 15 heavy (non-hydrogen) atoms.